The number of rotatable bonds is 7. The molecule has 65 heavy (non-hydrogen) atoms. The fraction of sp³-hybridized carbons (Fsp3) is 0. The van der Waals surface area contributed by atoms with Crippen LogP contribution in [-0.2, 0) is 0 Å². The number of hydrogen-bond acceptors (Lipinski definition) is 2. The summed E-state index contributed by atoms with van der Waals surface area (Å²) in [5, 5.41) is 8.37. The molecule has 0 aliphatic heterocycles. The van der Waals surface area contributed by atoms with Gasteiger partial charge in [0.25, 0.3) is 0 Å². The maximum Gasteiger partial charge on any atom is 0.143 e. The van der Waals surface area contributed by atoms with Crippen LogP contribution >= 0.6 is 0 Å². The Morgan fingerprint density at radius 1 is 0.385 bits per heavy atom. The molecule has 0 amide bonds. The van der Waals surface area contributed by atoms with Crippen LogP contribution in [0.15, 0.2) is 247 Å². The van der Waals surface area contributed by atoms with Gasteiger partial charge in [-0.1, -0.05) is 170 Å². The first kappa shape index (κ1) is 33.0. The lowest BCUT2D eigenvalue weighted by atomic mass is 9.95. The van der Waals surface area contributed by atoms with Crippen LogP contribution < -0.4 is 4.90 Å². The molecule has 0 saturated heterocycles. The zero-order chi connectivity index (χ0) is 46.3. The summed E-state index contributed by atoms with van der Waals surface area (Å²) >= 11 is 0. The fourth-order valence-electron chi connectivity index (χ4n) is 9.82. The summed E-state index contributed by atoms with van der Waals surface area (Å²) in [7, 11) is 0. The van der Waals surface area contributed by atoms with Crippen LogP contribution in [0.5, 0.6) is 0 Å². The zero-order valence-electron chi connectivity index (χ0n) is 39.1. The van der Waals surface area contributed by atoms with Gasteiger partial charge < -0.3 is 13.9 Å². The molecule has 2 aromatic heterocycles. The molecule has 13 aromatic rings. The third kappa shape index (κ3) is 6.12. The predicted molar refractivity (Wildman–Crippen MR) is 274 cm³/mol. The van der Waals surface area contributed by atoms with Gasteiger partial charge in [0.05, 0.1) is 27.6 Å². The molecule has 0 fully saturated rings. The summed E-state index contributed by atoms with van der Waals surface area (Å²) in [4.78, 5) is 1.88. The molecule has 2 heterocycles. The Balaban J connectivity index is 0.985. The zero-order valence-corrected chi connectivity index (χ0v) is 35.1. The summed E-state index contributed by atoms with van der Waals surface area (Å²) in [6.07, 6.45) is 0. The van der Waals surface area contributed by atoms with Crippen LogP contribution in [0.3, 0.4) is 0 Å². The van der Waals surface area contributed by atoms with Gasteiger partial charge in [0.2, 0.25) is 0 Å². The smallest absolute Gasteiger partial charge is 0.143 e. The highest BCUT2D eigenvalue weighted by atomic mass is 16.3. The highest BCUT2D eigenvalue weighted by Crippen LogP contribution is 2.45. The molecule has 0 bridgehead atoms. The topological polar surface area (TPSA) is 21.3 Å². The van der Waals surface area contributed by atoms with Crippen molar-refractivity contribution in [3.63, 3.8) is 0 Å². The van der Waals surface area contributed by atoms with E-state index in [1.807, 2.05) is 95.9 Å². The monoisotopic (exact) mass is 832 g/mol. The Labute approximate surface area is 381 Å². The quantitative estimate of drug-likeness (QED) is 0.160. The van der Waals surface area contributed by atoms with E-state index in [4.69, 9.17) is 4.42 Å². The highest BCUT2D eigenvalue weighted by molar-refractivity contribution is 6.19. The molecular formula is C62H40N2O. The highest BCUT2D eigenvalue weighted by Gasteiger charge is 2.21. The molecule has 11 aromatic carbocycles. The number of benzene rings is 11. The first-order chi connectivity index (χ1) is 33.9. The molecule has 0 aliphatic carbocycles. The lowest BCUT2D eigenvalue weighted by Gasteiger charge is -2.26. The van der Waals surface area contributed by atoms with E-state index in [9.17, 15) is 5.48 Å². The van der Waals surface area contributed by atoms with Crippen molar-refractivity contribution < 1.29 is 9.90 Å². The SMILES string of the molecule is [2H]c1c([2H])c(N(c2ccc(-c3cccc(-c4cccc5ccccc45)c3)cc2)c2cccc3oc4c5ccccc5ccc4c23)c([2H])c([2H])c1-c1cccc(-n2c3ccccc3c3ccccc32)c1. The summed E-state index contributed by atoms with van der Waals surface area (Å²) < 4.78 is 48.1. The van der Waals surface area contributed by atoms with E-state index < -0.39 is 0 Å². The van der Waals surface area contributed by atoms with E-state index in [0.29, 0.717) is 22.5 Å². The third-order valence-electron chi connectivity index (χ3n) is 12.8. The van der Waals surface area contributed by atoms with E-state index in [1.165, 1.54) is 10.8 Å². The summed E-state index contributed by atoms with van der Waals surface area (Å²) in [5.41, 5.74) is 11.0. The normalized spacial score (nSPS) is 12.6. The molecule has 0 aliphatic rings. The minimum atomic E-state index is -0.157. The molecule has 0 radical (unpaired) electrons. The Morgan fingerprint density at radius 3 is 1.75 bits per heavy atom. The molecule has 0 unspecified atom stereocenters. The number of hydrogen-bond donors (Lipinski definition) is 0. The largest absolute Gasteiger partial charge is 0.455 e. The molecule has 3 nitrogen and oxygen atoms in total. The summed E-state index contributed by atoms with van der Waals surface area (Å²) in [5.74, 6) is 0. The maximum atomic E-state index is 9.88. The van der Waals surface area contributed by atoms with E-state index >= 15 is 0 Å². The summed E-state index contributed by atoms with van der Waals surface area (Å²) in [6, 6.07) is 73.5. The van der Waals surface area contributed by atoms with Gasteiger partial charge in [-0.2, -0.15) is 0 Å². The molecule has 304 valence electrons. The average Bonchev–Trinajstić information content (AvgIpc) is 3.96. The molecule has 3 heteroatoms. The van der Waals surface area contributed by atoms with Gasteiger partial charge >= 0.3 is 0 Å². The Hall–Kier alpha value is -8.66. The molecule has 0 N–H and O–H groups in total. The van der Waals surface area contributed by atoms with Crippen LogP contribution in [0.4, 0.5) is 17.1 Å². The Bertz CT molecular complexity index is 4120. The van der Waals surface area contributed by atoms with E-state index in [0.717, 1.165) is 76.9 Å². The van der Waals surface area contributed by atoms with Crippen molar-refractivity contribution in [1.29, 1.82) is 0 Å². The second kappa shape index (κ2) is 15.0. The second-order valence-electron chi connectivity index (χ2n) is 16.5. The van der Waals surface area contributed by atoms with Gasteiger partial charge in [-0.15, -0.1) is 0 Å². The molecular weight excluding hydrogens is 789 g/mol. The fourth-order valence-corrected chi connectivity index (χ4v) is 9.82. The van der Waals surface area contributed by atoms with Gasteiger partial charge in [0, 0.05) is 38.6 Å². The van der Waals surface area contributed by atoms with Crippen molar-refractivity contribution in [2.24, 2.45) is 0 Å². The number of para-hydroxylation sites is 2. The number of furan rings is 1. The van der Waals surface area contributed by atoms with E-state index in [2.05, 4.69) is 132 Å². The van der Waals surface area contributed by atoms with Crippen LogP contribution in [0.25, 0.3) is 104 Å². The van der Waals surface area contributed by atoms with Gasteiger partial charge in [0.15, 0.2) is 0 Å². The lowest BCUT2D eigenvalue weighted by molar-refractivity contribution is 0.672. The minimum Gasteiger partial charge on any atom is -0.455 e. The molecule has 13 rings (SSSR count). The Morgan fingerprint density at radius 2 is 0.985 bits per heavy atom. The van der Waals surface area contributed by atoms with E-state index in [1.54, 1.807) is 0 Å². The first-order valence-electron chi connectivity index (χ1n) is 23.9. The third-order valence-corrected chi connectivity index (χ3v) is 12.8. The maximum absolute atomic E-state index is 9.88. The molecule has 0 saturated carbocycles. The van der Waals surface area contributed by atoms with Crippen molar-refractivity contribution in [3.05, 3.63) is 243 Å². The van der Waals surface area contributed by atoms with Crippen LogP contribution in [-0.4, -0.2) is 4.57 Å². The average molecular weight is 833 g/mol. The van der Waals surface area contributed by atoms with Crippen molar-refractivity contribution in [2.45, 2.75) is 0 Å². The molecule has 0 spiro atoms. The van der Waals surface area contributed by atoms with Crippen LogP contribution in [0.2, 0.25) is 0 Å². The summed E-state index contributed by atoms with van der Waals surface area (Å²) in [6.45, 7) is 0. The predicted octanol–water partition coefficient (Wildman–Crippen LogP) is 17.5. The minimum absolute atomic E-state index is 0.132. The second-order valence-corrected chi connectivity index (χ2v) is 16.5. The van der Waals surface area contributed by atoms with E-state index in [-0.39, 0.29) is 35.4 Å². The molecule has 0 atom stereocenters. The van der Waals surface area contributed by atoms with Crippen molar-refractivity contribution in [2.75, 3.05) is 4.90 Å². The van der Waals surface area contributed by atoms with Crippen molar-refractivity contribution in [1.82, 2.24) is 4.57 Å². The number of nitrogens with zero attached hydrogens (tertiary/aromatic N) is 2. The first-order valence-corrected chi connectivity index (χ1v) is 21.9. The number of anilines is 3. The lowest BCUT2D eigenvalue weighted by Crippen LogP contribution is -2.10. The van der Waals surface area contributed by atoms with Crippen LogP contribution in [0.1, 0.15) is 5.48 Å². The van der Waals surface area contributed by atoms with Crippen molar-refractivity contribution in [3.8, 4) is 39.1 Å². The Kier molecular flexibility index (Phi) is 7.61. The number of aromatic nitrogens is 1. The van der Waals surface area contributed by atoms with Gasteiger partial charge in [-0.05, 0) is 122 Å². The van der Waals surface area contributed by atoms with Crippen LogP contribution in [0, 0.1) is 0 Å². The van der Waals surface area contributed by atoms with Gasteiger partial charge in [-0.25, -0.2) is 0 Å². The van der Waals surface area contributed by atoms with Gasteiger partial charge in [0.1, 0.15) is 11.2 Å². The standard InChI is InChI=1S/C62H40N2O/c1-3-20-51-43(13-1)15-11-24-52(51)47-18-9-16-45(39-47)41-29-34-48(35-30-41)63(59-27-12-28-60-61(59)56-38-33-44-14-2-4-21-53(44)62(56)65-60)49-36-31-42(32-37-49)46-17-10-19-50(40-46)64-57-25-7-5-22-54(57)55-23-6-8-26-58(55)64/h1-40H/i31D,32D,36D,37D. The van der Waals surface area contributed by atoms with Gasteiger partial charge in [-0.3, -0.25) is 0 Å². The number of fused-ring (bicyclic) bond motifs is 9. The van der Waals surface area contributed by atoms with Crippen molar-refractivity contribution >= 4 is 82.4 Å².